The van der Waals surface area contributed by atoms with Crippen molar-refractivity contribution in [2.24, 2.45) is 17.8 Å². The molecule has 668 valence electrons. The van der Waals surface area contributed by atoms with E-state index in [1.165, 1.54) is 32.9 Å². The van der Waals surface area contributed by atoms with Crippen LogP contribution in [0, 0.1) is 17.8 Å². The van der Waals surface area contributed by atoms with Crippen molar-refractivity contribution in [3.63, 3.8) is 0 Å². The summed E-state index contributed by atoms with van der Waals surface area (Å²) >= 11 is 0. The zero-order valence-corrected chi connectivity index (χ0v) is 75.0. The van der Waals surface area contributed by atoms with Crippen LogP contribution in [0.4, 0.5) is 14.4 Å². The molecule has 6 fully saturated rings. The van der Waals surface area contributed by atoms with Gasteiger partial charge in [-0.1, -0.05) is 153 Å². The highest BCUT2D eigenvalue weighted by Gasteiger charge is 2.60. The van der Waals surface area contributed by atoms with E-state index in [4.69, 9.17) is 51.5 Å². The summed E-state index contributed by atoms with van der Waals surface area (Å²) in [5.41, 5.74) is 3.69. The lowest BCUT2D eigenvalue weighted by molar-refractivity contribution is -0.162. The quantitative estimate of drug-likeness (QED) is 0.00746. The minimum atomic E-state index is -3.21. The molecule has 0 radical (unpaired) electrons. The molecule has 9 atom stereocenters. The van der Waals surface area contributed by atoms with Crippen LogP contribution in [0.1, 0.15) is 61.5 Å². The van der Waals surface area contributed by atoms with Gasteiger partial charge in [-0.15, -0.1) is 0 Å². The molecule has 0 aromatic heterocycles. The number of imide groups is 3. The maximum Gasteiger partial charge on any atom is 0.416 e. The Hall–Kier alpha value is -12.7. The summed E-state index contributed by atoms with van der Waals surface area (Å²) in [6.07, 6.45) is 1.47. The number of ether oxygens (including phenoxy) is 9. The molecule has 0 spiro atoms. The lowest BCUT2D eigenvalue weighted by Gasteiger charge is -2.52. The number of rotatable bonds is 34. The molecule has 6 aromatic carbocycles. The van der Waals surface area contributed by atoms with Gasteiger partial charge in [-0.05, 0) is 160 Å². The fraction of sp³-hybridized carbons (Fsp3) is 0.355. The number of amides is 9. The van der Waals surface area contributed by atoms with Crippen LogP contribution >= 0.6 is 6.89 Å². The Kier molecular flexibility index (Phi) is 30.0. The summed E-state index contributed by atoms with van der Waals surface area (Å²) in [6, 6.07) is 47.7. The van der Waals surface area contributed by atoms with Crippen molar-refractivity contribution in [1.82, 2.24) is 29.4 Å². The first kappa shape index (κ1) is 93.5. The molecule has 9 amide bonds. The number of carbonyl (C=O) groups excluding carboxylic acids is 13. The van der Waals surface area contributed by atoms with E-state index >= 15 is 0 Å². The molecule has 8 aliphatic heterocycles. The maximum absolute atomic E-state index is 14.9. The molecule has 0 saturated carbocycles. The van der Waals surface area contributed by atoms with Gasteiger partial charge >= 0.3 is 36.2 Å². The van der Waals surface area contributed by atoms with Gasteiger partial charge in [0, 0.05) is 18.9 Å². The summed E-state index contributed by atoms with van der Waals surface area (Å²) < 4.78 is 60.1. The third-order valence-electron chi connectivity index (χ3n) is 22.1. The number of likely N-dealkylation sites (tertiary alicyclic amines) is 1. The highest BCUT2D eigenvalue weighted by molar-refractivity contribution is 7.96. The number of cyclic esters (lactones) is 3. The van der Waals surface area contributed by atoms with Gasteiger partial charge in [0.25, 0.3) is 17.7 Å². The van der Waals surface area contributed by atoms with Gasteiger partial charge in [0.2, 0.25) is 17.7 Å². The molecule has 14 rings (SSSR count). The van der Waals surface area contributed by atoms with E-state index in [1.807, 2.05) is 124 Å². The normalized spacial score (nSPS) is 20.0. The summed E-state index contributed by atoms with van der Waals surface area (Å²) in [4.78, 5) is 174. The molecular formula is C93H103N6O25PSi2. The van der Waals surface area contributed by atoms with E-state index in [-0.39, 0.29) is 150 Å². The van der Waals surface area contributed by atoms with E-state index in [9.17, 15) is 67.4 Å². The molecule has 0 bridgehead atoms. The molecule has 8 heterocycles. The van der Waals surface area contributed by atoms with Crippen LogP contribution in [0.3, 0.4) is 0 Å². The predicted molar refractivity (Wildman–Crippen MR) is 472 cm³/mol. The topological polar surface area (TPSA) is 363 Å². The van der Waals surface area contributed by atoms with Crippen LogP contribution in [0.15, 0.2) is 213 Å². The van der Waals surface area contributed by atoms with Gasteiger partial charge in [0.15, 0.2) is 42.2 Å². The predicted octanol–water partition coefficient (Wildman–Crippen LogP) is 9.59. The molecule has 6 aromatic rings. The molecule has 8 aliphatic rings. The Morgan fingerprint density at radius 1 is 0.465 bits per heavy atom. The summed E-state index contributed by atoms with van der Waals surface area (Å²) in [5.74, 6) is -4.96. The van der Waals surface area contributed by atoms with Gasteiger partial charge in [0.05, 0.1) is 73.8 Å². The van der Waals surface area contributed by atoms with Crippen LogP contribution < -0.4 is 30.1 Å². The van der Waals surface area contributed by atoms with E-state index < -0.39 is 108 Å². The van der Waals surface area contributed by atoms with Crippen LogP contribution in [0.5, 0.6) is 17.2 Å². The van der Waals surface area contributed by atoms with Crippen LogP contribution in [-0.2, 0) is 80.4 Å². The fourth-order valence-electron chi connectivity index (χ4n) is 16.7. The zero-order valence-electron chi connectivity index (χ0n) is 72.1. The average Bonchev–Trinajstić information content (AvgIpc) is 1.18. The van der Waals surface area contributed by atoms with Crippen molar-refractivity contribution < 1.29 is 119 Å². The monoisotopic (exact) mass is 1790 g/mol. The van der Waals surface area contributed by atoms with Crippen LogP contribution in [0.25, 0.3) is 11.1 Å². The summed E-state index contributed by atoms with van der Waals surface area (Å²) in [6.45, 7) is 25.3. The zero-order chi connectivity index (χ0) is 91.3. The standard InChI is InChI=1S/C44H47N2O9PSi.C26H32N2O8Si.C23H24N2O8/c1-6-27-52-43(50)42(56(34-16-10-7-11-17-34,35-18-12-8-13-19-35)36-20-14-9-15-21-36)46-37(40(41(46)49)31(2)55-57(3,4)5)29-38(47)32-22-24-33(25-23-32)54-30-39(48)45-26-28-53-44(45)51;1-6-12-33-25(31)23-19(14-20-22(24(30)28(20)23)16(2)36-37(3,4)5)17-7-9-18(10-8-17)35-15-21(29)27-11-13-34-26(27)32;1-3-9-31-22(29)20-16(11-17-19(13(2)26)21(28)25(17)20)14-4-6-15(7-5-14)33-12-18(27)24-8-10-32-23(24)30/h6-25,31,37,40H,1,26-30H2,2-5H3;6-10,16,20,22H,1,11-15H2,2-5H3;3-7,13,17,19,26H,1,8-12H2,2H3/t31-,37-,40-;16-,20-,22-;13-,17-,19-/m111/s1. The van der Waals surface area contributed by atoms with E-state index in [0.717, 1.165) is 36.2 Å². The van der Waals surface area contributed by atoms with Gasteiger partial charge in [-0.2, -0.15) is 0 Å². The smallest absolute Gasteiger partial charge is 0.416 e. The molecule has 0 aliphatic carbocycles. The first-order valence-electron chi connectivity index (χ1n) is 41.6. The van der Waals surface area contributed by atoms with Crippen molar-refractivity contribution in [3.8, 4) is 17.2 Å². The molecule has 1 N–H and O–H groups in total. The SMILES string of the molecule is C=CCOC(=O)C(N1C(=O)[C@H]([C@@H](C)O[Si](C)(C)C)[C@H]1CC(=O)c1ccc(OCC(=O)N2CCOC2=O)cc1)=P(c1ccccc1)(c1ccccc1)c1ccccc1.C=CCOC(=O)C1=C(c2ccc(OCC(=O)N3CCOC3=O)cc2)C[C@@H]2[C@@H]([C@@H](C)O)C(=O)N12.C=CCOC(=O)C1=C(c2ccc(OCC(=O)N3CCOC3=O)cc2)C[C@@H]2[C@@H]([C@@H](C)O[Si](C)(C)C)C(=O)N12. The third kappa shape index (κ3) is 20.7. The summed E-state index contributed by atoms with van der Waals surface area (Å²) in [7, 11) is -4.04. The number of carbonyl (C=O) groups is 13. The van der Waals surface area contributed by atoms with Gasteiger partial charge < -0.3 is 71.3 Å². The number of β-lactam (4-membered cyclic amide) rings is 3. The molecule has 31 nitrogen and oxygen atoms in total. The number of hydrogen-bond donors (Lipinski definition) is 1. The minimum absolute atomic E-state index is 0.00745. The molecular weight excluding hydrogens is 1690 g/mol. The number of nitrogens with zero attached hydrogens (tertiary/aromatic N) is 6. The Balaban J connectivity index is 0.000000182. The van der Waals surface area contributed by atoms with Crippen molar-refractivity contribution in [1.29, 1.82) is 0 Å². The Bertz CT molecular complexity index is 5240. The van der Waals surface area contributed by atoms with Crippen molar-refractivity contribution >= 4 is 133 Å². The Morgan fingerprint density at radius 2 is 0.811 bits per heavy atom. The second-order valence-corrected chi connectivity index (χ2v) is 45.0. The first-order chi connectivity index (χ1) is 60.7. The largest absolute Gasteiger partial charge is 0.484 e. The Labute approximate surface area is 737 Å². The fourth-order valence-corrected chi connectivity index (χ4v) is 23.6. The minimum Gasteiger partial charge on any atom is -0.484 e. The molecule has 6 saturated heterocycles. The maximum atomic E-state index is 14.9. The second kappa shape index (κ2) is 40.8. The number of esters is 3. The van der Waals surface area contributed by atoms with E-state index in [2.05, 4.69) is 39.4 Å². The third-order valence-corrected chi connectivity index (χ3v) is 28.5. The molecule has 127 heavy (non-hydrogen) atoms. The highest BCUT2D eigenvalue weighted by atomic mass is 31.2. The number of ketones is 1. The average molecular weight is 1790 g/mol. The number of aliphatic hydroxyl groups excluding tert-OH is 1. The number of hydrogen-bond acceptors (Lipinski definition) is 25. The number of fused-ring (bicyclic) bond motifs is 2. The molecule has 34 heteroatoms. The van der Waals surface area contributed by atoms with Crippen molar-refractivity contribution in [2.45, 2.75) is 116 Å². The Morgan fingerprint density at radius 3 is 1.16 bits per heavy atom. The van der Waals surface area contributed by atoms with Crippen LogP contribution in [0.2, 0.25) is 39.3 Å². The number of aliphatic hydroxyl groups is 1. The van der Waals surface area contributed by atoms with E-state index in [0.29, 0.717) is 52.4 Å². The van der Waals surface area contributed by atoms with Crippen LogP contribution in [-0.4, -0.2) is 250 Å². The number of benzene rings is 6. The van der Waals surface area contributed by atoms with Gasteiger partial charge in [0.1, 0.15) is 73.7 Å². The summed E-state index contributed by atoms with van der Waals surface area (Å²) in [5, 5.41) is 12.5. The van der Waals surface area contributed by atoms with Crippen molar-refractivity contribution in [3.05, 3.63) is 230 Å². The lowest BCUT2D eigenvalue weighted by atomic mass is 9.79. The van der Waals surface area contributed by atoms with Gasteiger partial charge in [-0.3, -0.25) is 33.6 Å². The van der Waals surface area contributed by atoms with E-state index in [1.54, 1.807) is 79.7 Å². The lowest BCUT2D eigenvalue weighted by Crippen LogP contribution is -2.69. The van der Waals surface area contributed by atoms with Crippen molar-refractivity contribution in [2.75, 3.05) is 79.1 Å². The van der Waals surface area contributed by atoms with Gasteiger partial charge in [-0.25, -0.2) is 43.5 Å². The number of Topliss-reactive ketones (excluding diaryl/α,β-unsaturated/α-hetero) is 1. The highest BCUT2D eigenvalue weighted by Crippen LogP contribution is 2.53. The second-order valence-electron chi connectivity index (χ2n) is 32.8. The first-order valence-corrected chi connectivity index (χ1v) is 50.2. The molecule has 0 unspecified atom stereocenters.